The van der Waals surface area contributed by atoms with Gasteiger partial charge in [-0.05, 0) is 25.0 Å². The van der Waals surface area contributed by atoms with Crippen LogP contribution >= 0.6 is 0 Å². The average Bonchev–Trinajstić information content (AvgIpc) is 3.05. The smallest absolute Gasteiger partial charge is 0.371 e. The number of carboxylic acid groups (broad SMARTS) is 1. The van der Waals surface area contributed by atoms with Gasteiger partial charge in [0.25, 0.3) is 5.91 Å². The van der Waals surface area contributed by atoms with Crippen molar-refractivity contribution < 1.29 is 23.9 Å². The first-order valence-corrected chi connectivity index (χ1v) is 5.97. The highest BCUT2D eigenvalue weighted by molar-refractivity contribution is 5.95. The molecule has 0 aromatic carbocycles. The third-order valence-electron chi connectivity index (χ3n) is 2.90. The Balaban J connectivity index is 1.86. The fraction of sp³-hybridized carbons (Fsp3) is 0.417. The SMILES string of the molecule is O=C(O)c1ccc(C(=O)NCC(=O)N2CCCC2)o1. The second-order valence-corrected chi connectivity index (χ2v) is 4.24. The van der Waals surface area contributed by atoms with E-state index in [9.17, 15) is 14.4 Å². The van der Waals surface area contributed by atoms with Crippen LogP contribution in [0.25, 0.3) is 0 Å². The van der Waals surface area contributed by atoms with Gasteiger partial charge in [0, 0.05) is 13.1 Å². The quantitative estimate of drug-likeness (QED) is 0.818. The number of nitrogens with zero attached hydrogens (tertiary/aromatic N) is 1. The molecule has 0 atom stereocenters. The van der Waals surface area contributed by atoms with Gasteiger partial charge in [-0.3, -0.25) is 9.59 Å². The minimum atomic E-state index is -1.24. The first-order valence-electron chi connectivity index (χ1n) is 5.97. The van der Waals surface area contributed by atoms with Crippen molar-refractivity contribution in [3.63, 3.8) is 0 Å². The molecule has 0 radical (unpaired) electrons. The molecular weight excluding hydrogens is 252 g/mol. The number of likely N-dealkylation sites (tertiary alicyclic amines) is 1. The Bertz CT molecular complexity index is 502. The minimum absolute atomic E-state index is 0.109. The van der Waals surface area contributed by atoms with Crippen molar-refractivity contribution in [3.05, 3.63) is 23.7 Å². The number of rotatable bonds is 4. The van der Waals surface area contributed by atoms with Gasteiger partial charge in [0.05, 0.1) is 6.54 Å². The molecule has 1 fully saturated rings. The summed E-state index contributed by atoms with van der Waals surface area (Å²) in [5, 5.41) is 11.1. The lowest BCUT2D eigenvalue weighted by Crippen LogP contribution is -2.38. The Morgan fingerprint density at radius 3 is 2.42 bits per heavy atom. The van der Waals surface area contributed by atoms with E-state index in [0.29, 0.717) is 0 Å². The zero-order chi connectivity index (χ0) is 13.8. The zero-order valence-electron chi connectivity index (χ0n) is 10.2. The van der Waals surface area contributed by atoms with E-state index in [2.05, 4.69) is 5.32 Å². The summed E-state index contributed by atoms with van der Waals surface area (Å²) < 4.78 is 4.83. The molecule has 2 rings (SSSR count). The third-order valence-corrected chi connectivity index (χ3v) is 2.90. The summed E-state index contributed by atoms with van der Waals surface area (Å²) in [5.41, 5.74) is 0. The number of furan rings is 1. The van der Waals surface area contributed by atoms with Crippen molar-refractivity contribution in [2.24, 2.45) is 0 Å². The van der Waals surface area contributed by atoms with Crippen molar-refractivity contribution in [3.8, 4) is 0 Å². The van der Waals surface area contributed by atoms with Crippen molar-refractivity contribution >= 4 is 17.8 Å². The Morgan fingerprint density at radius 2 is 1.84 bits per heavy atom. The number of aromatic carboxylic acids is 1. The molecule has 0 unspecified atom stereocenters. The number of carbonyl (C=O) groups is 3. The van der Waals surface area contributed by atoms with Crippen molar-refractivity contribution in [2.75, 3.05) is 19.6 Å². The van der Waals surface area contributed by atoms with Crippen LogP contribution in [0.15, 0.2) is 16.5 Å². The summed E-state index contributed by atoms with van der Waals surface area (Å²) in [7, 11) is 0. The van der Waals surface area contributed by atoms with Gasteiger partial charge in [-0.2, -0.15) is 0 Å². The van der Waals surface area contributed by atoms with Crippen LogP contribution in [-0.2, 0) is 4.79 Å². The van der Waals surface area contributed by atoms with E-state index in [4.69, 9.17) is 9.52 Å². The van der Waals surface area contributed by atoms with E-state index < -0.39 is 11.9 Å². The predicted molar refractivity (Wildman–Crippen MR) is 63.8 cm³/mol. The van der Waals surface area contributed by atoms with E-state index in [1.807, 2.05) is 0 Å². The van der Waals surface area contributed by atoms with Crippen molar-refractivity contribution in [1.29, 1.82) is 0 Å². The molecule has 0 saturated carbocycles. The molecule has 19 heavy (non-hydrogen) atoms. The van der Waals surface area contributed by atoms with Gasteiger partial charge in [0.1, 0.15) is 0 Å². The minimum Gasteiger partial charge on any atom is -0.475 e. The fourth-order valence-corrected chi connectivity index (χ4v) is 1.90. The van der Waals surface area contributed by atoms with Gasteiger partial charge in [0.2, 0.25) is 11.7 Å². The van der Waals surface area contributed by atoms with E-state index in [0.717, 1.165) is 25.9 Å². The molecule has 102 valence electrons. The molecule has 2 amide bonds. The molecule has 1 aromatic heterocycles. The number of hydrogen-bond donors (Lipinski definition) is 2. The van der Waals surface area contributed by atoms with Crippen LogP contribution in [0, 0.1) is 0 Å². The van der Waals surface area contributed by atoms with Gasteiger partial charge < -0.3 is 19.7 Å². The predicted octanol–water partition coefficient (Wildman–Crippen LogP) is 0.330. The van der Waals surface area contributed by atoms with Crippen LogP contribution in [0.5, 0.6) is 0 Å². The van der Waals surface area contributed by atoms with Gasteiger partial charge in [-0.1, -0.05) is 0 Å². The lowest BCUT2D eigenvalue weighted by molar-refractivity contribution is -0.129. The molecule has 0 bridgehead atoms. The largest absolute Gasteiger partial charge is 0.475 e. The Morgan fingerprint density at radius 1 is 1.21 bits per heavy atom. The maximum atomic E-state index is 11.7. The average molecular weight is 266 g/mol. The number of carbonyl (C=O) groups excluding carboxylic acids is 2. The summed E-state index contributed by atoms with van der Waals surface area (Å²) in [4.78, 5) is 35.6. The fourth-order valence-electron chi connectivity index (χ4n) is 1.90. The second-order valence-electron chi connectivity index (χ2n) is 4.24. The van der Waals surface area contributed by atoms with Crippen LogP contribution in [-0.4, -0.2) is 47.4 Å². The van der Waals surface area contributed by atoms with Crippen LogP contribution in [0.1, 0.15) is 34.0 Å². The monoisotopic (exact) mass is 266 g/mol. The summed E-state index contributed by atoms with van der Waals surface area (Å²) >= 11 is 0. The molecule has 7 nitrogen and oxygen atoms in total. The molecule has 2 N–H and O–H groups in total. The highest BCUT2D eigenvalue weighted by atomic mass is 16.4. The summed E-state index contributed by atoms with van der Waals surface area (Å²) in [6.45, 7) is 1.33. The molecule has 2 heterocycles. The van der Waals surface area contributed by atoms with E-state index >= 15 is 0 Å². The van der Waals surface area contributed by atoms with Crippen LogP contribution in [0.3, 0.4) is 0 Å². The van der Waals surface area contributed by atoms with Crippen molar-refractivity contribution in [1.82, 2.24) is 10.2 Å². The maximum absolute atomic E-state index is 11.7. The maximum Gasteiger partial charge on any atom is 0.371 e. The normalized spacial score (nSPS) is 14.4. The lowest BCUT2D eigenvalue weighted by atomic mass is 10.4. The molecular formula is C12H14N2O5. The Labute approximate surface area is 109 Å². The van der Waals surface area contributed by atoms with E-state index in [-0.39, 0.29) is 24.0 Å². The van der Waals surface area contributed by atoms with Gasteiger partial charge in [0.15, 0.2) is 5.76 Å². The van der Waals surface area contributed by atoms with E-state index in [1.54, 1.807) is 4.90 Å². The molecule has 7 heteroatoms. The molecule has 0 aliphatic carbocycles. The van der Waals surface area contributed by atoms with Crippen LogP contribution < -0.4 is 5.32 Å². The zero-order valence-corrected chi connectivity index (χ0v) is 10.2. The van der Waals surface area contributed by atoms with Crippen molar-refractivity contribution in [2.45, 2.75) is 12.8 Å². The lowest BCUT2D eigenvalue weighted by Gasteiger charge is -2.14. The summed E-state index contributed by atoms with van der Waals surface area (Å²) in [6.07, 6.45) is 1.97. The Hall–Kier alpha value is -2.31. The number of nitrogens with one attached hydrogen (secondary N) is 1. The number of amides is 2. The molecule has 1 aliphatic heterocycles. The molecule has 1 aromatic rings. The van der Waals surface area contributed by atoms with Gasteiger partial charge in [-0.15, -0.1) is 0 Å². The molecule has 1 aliphatic rings. The highest BCUT2D eigenvalue weighted by Crippen LogP contribution is 2.08. The van der Waals surface area contributed by atoms with E-state index in [1.165, 1.54) is 12.1 Å². The topological polar surface area (TPSA) is 99.8 Å². The first-order chi connectivity index (χ1) is 9.08. The Kier molecular flexibility index (Phi) is 3.84. The van der Waals surface area contributed by atoms with Crippen LogP contribution in [0.2, 0.25) is 0 Å². The van der Waals surface area contributed by atoms with Gasteiger partial charge >= 0.3 is 5.97 Å². The van der Waals surface area contributed by atoms with Crippen LogP contribution in [0.4, 0.5) is 0 Å². The number of carboxylic acids is 1. The summed E-state index contributed by atoms with van der Waals surface area (Å²) in [5.74, 6) is -2.41. The first kappa shape index (κ1) is 13.1. The third kappa shape index (κ3) is 3.12. The highest BCUT2D eigenvalue weighted by Gasteiger charge is 2.20. The molecule has 0 spiro atoms. The number of hydrogen-bond acceptors (Lipinski definition) is 4. The summed E-state index contributed by atoms with van der Waals surface area (Å²) in [6, 6.07) is 2.46. The standard InChI is InChI=1S/C12H14N2O5/c15-10(14-5-1-2-6-14)7-13-11(16)8-3-4-9(19-8)12(17)18/h3-4H,1-2,5-7H2,(H,13,16)(H,17,18). The van der Waals surface area contributed by atoms with Gasteiger partial charge in [-0.25, -0.2) is 4.79 Å². The molecule has 1 saturated heterocycles. The second kappa shape index (κ2) is 5.55.